The highest BCUT2D eigenvalue weighted by atomic mass is 19.4. The van der Waals surface area contributed by atoms with Gasteiger partial charge in [0.05, 0.1) is 43.3 Å². The smallest absolute Gasteiger partial charge is 0.381 e. The number of amides is 1. The number of H-pyrrole nitrogens is 1. The zero-order valence-corrected chi connectivity index (χ0v) is 21.1. The van der Waals surface area contributed by atoms with Gasteiger partial charge in [-0.3, -0.25) is 14.3 Å². The van der Waals surface area contributed by atoms with Crippen molar-refractivity contribution in [1.29, 1.82) is 0 Å². The van der Waals surface area contributed by atoms with Crippen LogP contribution in [0.15, 0.2) is 23.4 Å². The molecular formula is C21H22F9N7O5. The Morgan fingerprint density at radius 3 is 2.12 bits per heavy atom. The van der Waals surface area contributed by atoms with Crippen molar-refractivity contribution in [3.05, 3.63) is 40.1 Å². The molecule has 0 saturated carbocycles. The number of rotatable bonds is 10. The molecule has 234 valence electrons. The molecule has 3 rings (SSSR count). The zero-order valence-electron chi connectivity index (χ0n) is 21.1. The molecule has 0 radical (unpaired) electrons. The van der Waals surface area contributed by atoms with Crippen LogP contribution in [0.3, 0.4) is 0 Å². The molecular weight excluding hydrogens is 601 g/mol. The van der Waals surface area contributed by atoms with E-state index in [4.69, 9.17) is 4.74 Å². The summed E-state index contributed by atoms with van der Waals surface area (Å²) in [5.41, 5.74) is -5.42. The van der Waals surface area contributed by atoms with Crippen LogP contribution in [0, 0.1) is 0 Å². The summed E-state index contributed by atoms with van der Waals surface area (Å²) in [7, 11) is 0. The van der Waals surface area contributed by atoms with E-state index in [1.807, 2.05) is 0 Å². The molecule has 42 heavy (non-hydrogen) atoms. The third-order valence-electron chi connectivity index (χ3n) is 5.67. The van der Waals surface area contributed by atoms with E-state index in [1.165, 1.54) is 9.80 Å². The number of alkyl halides is 9. The highest BCUT2D eigenvalue weighted by molar-refractivity contribution is 5.81. The van der Waals surface area contributed by atoms with Crippen LogP contribution in [0.5, 0.6) is 0 Å². The third-order valence-corrected chi connectivity index (χ3v) is 5.67. The summed E-state index contributed by atoms with van der Waals surface area (Å²) in [4.78, 5) is 34.2. The normalized spacial score (nSPS) is 16.3. The first-order valence-corrected chi connectivity index (χ1v) is 11.8. The molecule has 1 fully saturated rings. The third kappa shape index (κ3) is 9.14. The predicted molar refractivity (Wildman–Crippen MR) is 122 cm³/mol. The van der Waals surface area contributed by atoms with Gasteiger partial charge < -0.3 is 25.0 Å². The number of hydrogen-bond acceptors (Lipinski definition) is 10. The van der Waals surface area contributed by atoms with Crippen molar-refractivity contribution in [2.24, 2.45) is 0 Å². The average molecular weight is 623 g/mol. The second-order valence-corrected chi connectivity index (χ2v) is 8.72. The van der Waals surface area contributed by atoms with Gasteiger partial charge in [0.15, 0.2) is 6.10 Å². The van der Waals surface area contributed by atoms with E-state index in [9.17, 15) is 54.2 Å². The van der Waals surface area contributed by atoms with Crippen molar-refractivity contribution >= 4 is 17.5 Å². The maximum Gasteiger partial charge on any atom is 0.522 e. The second kappa shape index (κ2) is 13.1. The number of anilines is 2. The minimum atomic E-state index is -5.19. The van der Waals surface area contributed by atoms with E-state index >= 15 is 0 Å². The molecule has 1 aliphatic heterocycles. The maximum atomic E-state index is 13.3. The SMILES string of the molecule is O=C([C@H](O)COC[C@H](COC(F)(F)F)Nc1cn[nH]c(=O)c1C(F)(F)F)N1CCN(c2ncc(C(F)(F)F)cn2)CC1. The molecule has 0 unspecified atom stereocenters. The Balaban J connectivity index is 1.55. The summed E-state index contributed by atoms with van der Waals surface area (Å²) >= 11 is 0. The molecule has 1 saturated heterocycles. The van der Waals surface area contributed by atoms with Crippen LogP contribution >= 0.6 is 0 Å². The Bertz CT molecular complexity index is 1250. The van der Waals surface area contributed by atoms with Gasteiger partial charge in [-0.1, -0.05) is 0 Å². The lowest BCUT2D eigenvalue weighted by atomic mass is 10.2. The van der Waals surface area contributed by atoms with Crippen molar-refractivity contribution in [2.75, 3.05) is 56.2 Å². The molecule has 3 heterocycles. The number of piperazine rings is 1. The van der Waals surface area contributed by atoms with Crippen LogP contribution in [0.1, 0.15) is 11.1 Å². The van der Waals surface area contributed by atoms with E-state index in [0.717, 1.165) is 0 Å². The molecule has 1 aliphatic rings. The number of hydrogen-bond donors (Lipinski definition) is 3. The van der Waals surface area contributed by atoms with Crippen molar-refractivity contribution < 1.29 is 58.9 Å². The molecule has 2 atom stereocenters. The number of carbonyl (C=O) groups excluding carboxylic acids is 1. The lowest BCUT2D eigenvalue weighted by Gasteiger charge is -2.35. The fourth-order valence-corrected chi connectivity index (χ4v) is 3.70. The van der Waals surface area contributed by atoms with E-state index < -0.39 is 79.0 Å². The molecule has 0 aromatic carbocycles. The van der Waals surface area contributed by atoms with Gasteiger partial charge >= 0.3 is 18.7 Å². The fourth-order valence-electron chi connectivity index (χ4n) is 3.70. The number of aromatic amines is 1. The highest BCUT2D eigenvalue weighted by Gasteiger charge is 2.38. The molecule has 3 N–H and O–H groups in total. The predicted octanol–water partition coefficient (Wildman–Crippen LogP) is 1.64. The number of aromatic nitrogens is 4. The summed E-state index contributed by atoms with van der Waals surface area (Å²) in [5, 5.41) is 17.0. The number of ether oxygens (including phenoxy) is 2. The first-order chi connectivity index (χ1) is 19.5. The van der Waals surface area contributed by atoms with Gasteiger partial charge in [-0.2, -0.15) is 31.4 Å². The summed E-state index contributed by atoms with van der Waals surface area (Å²) in [6, 6.07) is -1.65. The number of nitrogens with one attached hydrogen (secondary N) is 2. The topological polar surface area (TPSA) is 146 Å². The lowest BCUT2D eigenvalue weighted by molar-refractivity contribution is -0.325. The standard InChI is InChI=1S/C21H22F9N7O5/c22-19(23,24)11-5-31-18(32-6-11)37-3-1-36(2-4-37)17(40)14(38)10-41-8-12(9-42-21(28,29)30)34-13-7-33-35-16(39)15(13)20(25,26)27/h5-7,12,14,38H,1-4,8-10H2,(H2,34,35,39)/t12-,14-/m1/s1. The van der Waals surface area contributed by atoms with Gasteiger partial charge in [0.25, 0.3) is 11.5 Å². The molecule has 2 aromatic heterocycles. The second-order valence-electron chi connectivity index (χ2n) is 8.72. The first kappa shape index (κ1) is 32.8. The number of halogens is 9. The Morgan fingerprint density at radius 1 is 0.952 bits per heavy atom. The van der Waals surface area contributed by atoms with Crippen molar-refractivity contribution in [3.8, 4) is 0 Å². The van der Waals surface area contributed by atoms with Crippen molar-refractivity contribution in [3.63, 3.8) is 0 Å². The Hall–Kier alpha value is -3.72. The van der Waals surface area contributed by atoms with Gasteiger partial charge in [0, 0.05) is 38.6 Å². The lowest BCUT2D eigenvalue weighted by Crippen LogP contribution is -2.52. The molecule has 2 aromatic rings. The van der Waals surface area contributed by atoms with Crippen LogP contribution in [-0.2, 0) is 26.6 Å². The van der Waals surface area contributed by atoms with Gasteiger partial charge in [0.2, 0.25) is 5.95 Å². The summed E-state index contributed by atoms with van der Waals surface area (Å²) in [6.45, 7) is -2.66. The monoisotopic (exact) mass is 623 g/mol. The van der Waals surface area contributed by atoms with Gasteiger partial charge in [-0.25, -0.2) is 15.1 Å². The number of aliphatic hydroxyl groups is 1. The largest absolute Gasteiger partial charge is 0.522 e. The number of nitrogens with zero attached hydrogens (tertiary/aromatic N) is 5. The summed E-state index contributed by atoms with van der Waals surface area (Å²) in [6.07, 6.45) is -15.1. The molecule has 12 nitrogen and oxygen atoms in total. The summed E-state index contributed by atoms with van der Waals surface area (Å²) in [5.74, 6) is -0.861. The van der Waals surface area contributed by atoms with Crippen LogP contribution in [-0.4, -0.2) is 101 Å². The van der Waals surface area contributed by atoms with Crippen LogP contribution in [0.25, 0.3) is 0 Å². The Morgan fingerprint density at radius 2 is 1.57 bits per heavy atom. The van der Waals surface area contributed by atoms with Gasteiger partial charge in [-0.05, 0) is 0 Å². The quantitative estimate of drug-likeness (QED) is 0.334. The minimum Gasteiger partial charge on any atom is -0.381 e. The van der Waals surface area contributed by atoms with Gasteiger partial charge in [0.1, 0.15) is 5.56 Å². The molecule has 0 bridgehead atoms. The van der Waals surface area contributed by atoms with E-state index in [2.05, 4.69) is 25.1 Å². The highest BCUT2D eigenvalue weighted by Crippen LogP contribution is 2.32. The van der Waals surface area contributed by atoms with E-state index in [-0.39, 0.29) is 32.1 Å². The average Bonchev–Trinajstić information content (AvgIpc) is 2.89. The Labute approximate surface area is 229 Å². The molecule has 21 heteroatoms. The zero-order chi connectivity index (χ0) is 31.3. The molecule has 0 spiro atoms. The fraction of sp³-hybridized carbons (Fsp3) is 0.571. The van der Waals surface area contributed by atoms with Crippen molar-refractivity contribution in [1.82, 2.24) is 25.1 Å². The van der Waals surface area contributed by atoms with E-state index in [1.54, 1.807) is 5.10 Å². The maximum absolute atomic E-state index is 13.3. The first-order valence-electron chi connectivity index (χ1n) is 11.8. The summed E-state index contributed by atoms with van der Waals surface area (Å²) < 4.78 is 124. The minimum absolute atomic E-state index is 0.000346. The van der Waals surface area contributed by atoms with Crippen molar-refractivity contribution in [2.45, 2.75) is 30.9 Å². The van der Waals surface area contributed by atoms with Crippen LogP contribution in [0.2, 0.25) is 0 Å². The Kier molecular flexibility index (Phi) is 10.2. The van der Waals surface area contributed by atoms with Gasteiger partial charge in [-0.15, -0.1) is 13.2 Å². The molecule has 1 amide bonds. The molecule has 0 aliphatic carbocycles. The van der Waals surface area contributed by atoms with Crippen LogP contribution < -0.4 is 15.8 Å². The van der Waals surface area contributed by atoms with E-state index in [0.29, 0.717) is 18.6 Å². The number of aliphatic hydroxyl groups excluding tert-OH is 1. The number of carbonyl (C=O) groups is 1. The van der Waals surface area contributed by atoms with Crippen LogP contribution in [0.4, 0.5) is 51.1 Å².